The number of anilines is 1. The quantitative estimate of drug-likeness (QED) is 0.233. The van der Waals surface area contributed by atoms with Gasteiger partial charge in [0.15, 0.2) is 5.96 Å². The number of piperazine rings is 1. The van der Waals surface area contributed by atoms with Gasteiger partial charge in [0.25, 0.3) is 0 Å². The van der Waals surface area contributed by atoms with E-state index in [1.54, 1.807) is 13.1 Å². The second kappa shape index (κ2) is 13.9. The van der Waals surface area contributed by atoms with Crippen molar-refractivity contribution < 1.29 is 9.13 Å². The molecule has 0 aliphatic carbocycles. The predicted molar refractivity (Wildman–Crippen MR) is 125 cm³/mol. The van der Waals surface area contributed by atoms with Crippen molar-refractivity contribution >= 4 is 35.6 Å². The Labute approximate surface area is 185 Å². The summed E-state index contributed by atoms with van der Waals surface area (Å²) in [6.07, 6.45) is 0.920. The highest BCUT2D eigenvalue weighted by Gasteiger charge is 2.18. The molecular formula is C20H35FIN5O. The Bertz CT molecular complexity index is 594. The standard InChI is InChI=1S/C20H34FN5O.HI/c1-4-25-10-12-26(13-11-25)19-8-7-17(15-18(19)21)16-24-20(22-3)23-9-6-14-27-5-2;/h7-8,15H,4-6,9-14,16H2,1-3H3,(H2,22,23,24);1H. The zero-order valence-electron chi connectivity index (χ0n) is 17.3. The summed E-state index contributed by atoms with van der Waals surface area (Å²) in [4.78, 5) is 8.72. The van der Waals surface area contributed by atoms with Gasteiger partial charge in [-0.1, -0.05) is 13.0 Å². The molecule has 0 bridgehead atoms. The zero-order valence-corrected chi connectivity index (χ0v) is 19.7. The van der Waals surface area contributed by atoms with Gasteiger partial charge in [-0.3, -0.25) is 4.99 Å². The van der Waals surface area contributed by atoms with Crippen LogP contribution in [0, 0.1) is 5.82 Å². The van der Waals surface area contributed by atoms with E-state index in [2.05, 4.69) is 32.3 Å². The number of benzene rings is 1. The highest BCUT2D eigenvalue weighted by Crippen LogP contribution is 2.22. The van der Waals surface area contributed by atoms with Gasteiger partial charge in [-0.05, 0) is 37.6 Å². The van der Waals surface area contributed by atoms with E-state index >= 15 is 0 Å². The van der Waals surface area contributed by atoms with Gasteiger partial charge in [0, 0.05) is 59.5 Å². The van der Waals surface area contributed by atoms with Gasteiger partial charge in [0.2, 0.25) is 0 Å². The molecular weight excluding hydrogens is 472 g/mol. The Balaban J connectivity index is 0.00000392. The maximum Gasteiger partial charge on any atom is 0.191 e. The second-order valence-electron chi connectivity index (χ2n) is 6.61. The first kappa shape index (κ1) is 24.9. The van der Waals surface area contributed by atoms with E-state index in [9.17, 15) is 4.39 Å². The van der Waals surface area contributed by atoms with E-state index in [1.807, 2.05) is 19.1 Å². The molecule has 160 valence electrons. The number of hydrogen-bond donors (Lipinski definition) is 2. The third kappa shape index (κ3) is 8.08. The third-order valence-electron chi connectivity index (χ3n) is 4.82. The molecule has 1 aliphatic rings. The highest BCUT2D eigenvalue weighted by molar-refractivity contribution is 14.0. The number of nitrogens with zero attached hydrogens (tertiary/aromatic N) is 3. The van der Waals surface area contributed by atoms with Crippen molar-refractivity contribution in [1.29, 1.82) is 0 Å². The SMILES string of the molecule is CCOCCCNC(=NC)NCc1ccc(N2CCN(CC)CC2)c(F)c1.I. The van der Waals surface area contributed by atoms with Crippen LogP contribution < -0.4 is 15.5 Å². The van der Waals surface area contributed by atoms with Crippen LogP contribution in [0.1, 0.15) is 25.8 Å². The van der Waals surface area contributed by atoms with E-state index in [0.29, 0.717) is 18.2 Å². The molecule has 0 atom stereocenters. The minimum Gasteiger partial charge on any atom is -0.382 e. The number of guanidine groups is 1. The molecule has 0 aromatic heterocycles. The lowest BCUT2D eigenvalue weighted by molar-refractivity contribution is 0.145. The van der Waals surface area contributed by atoms with Crippen molar-refractivity contribution in [2.45, 2.75) is 26.8 Å². The zero-order chi connectivity index (χ0) is 19.5. The van der Waals surface area contributed by atoms with Crippen molar-refractivity contribution in [3.63, 3.8) is 0 Å². The smallest absolute Gasteiger partial charge is 0.191 e. The first-order valence-corrected chi connectivity index (χ1v) is 9.95. The summed E-state index contributed by atoms with van der Waals surface area (Å²) >= 11 is 0. The van der Waals surface area contributed by atoms with Gasteiger partial charge in [-0.2, -0.15) is 0 Å². The maximum absolute atomic E-state index is 14.6. The normalized spacial score (nSPS) is 15.3. The molecule has 28 heavy (non-hydrogen) atoms. The summed E-state index contributed by atoms with van der Waals surface area (Å²) < 4.78 is 19.9. The molecule has 1 aromatic carbocycles. The lowest BCUT2D eigenvalue weighted by atomic mass is 10.1. The molecule has 1 saturated heterocycles. The van der Waals surface area contributed by atoms with Crippen LogP contribution in [0.2, 0.25) is 0 Å². The Hall–Kier alpha value is -1.13. The second-order valence-corrected chi connectivity index (χ2v) is 6.61. The molecule has 6 nitrogen and oxygen atoms in total. The molecule has 1 fully saturated rings. The van der Waals surface area contributed by atoms with E-state index in [1.165, 1.54) is 0 Å². The molecule has 0 spiro atoms. The van der Waals surface area contributed by atoms with E-state index in [-0.39, 0.29) is 29.8 Å². The van der Waals surface area contributed by atoms with Crippen LogP contribution >= 0.6 is 24.0 Å². The van der Waals surface area contributed by atoms with Crippen LogP contribution in [-0.4, -0.2) is 70.4 Å². The molecule has 1 heterocycles. The lowest BCUT2D eigenvalue weighted by Crippen LogP contribution is -2.46. The van der Waals surface area contributed by atoms with Crippen molar-refractivity contribution in [2.75, 3.05) is 64.4 Å². The first-order valence-electron chi connectivity index (χ1n) is 9.95. The molecule has 2 rings (SSSR count). The Morgan fingerprint density at radius 1 is 1.18 bits per heavy atom. The Kier molecular flexibility index (Phi) is 12.4. The van der Waals surface area contributed by atoms with Crippen molar-refractivity contribution in [3.8, 4) is 0 Å². The lowest BCUT2D eigenvalue weighted by Gasteiger charge is -2.35. The topological polar surface area (TPSA) is 52.1 Å². The summed E-state index contributed by atoms with van der Waals surface area (Å²) in [6.45, 7) is 11.7. The van der Waals surface area contributed by atoms with E-state index in [4.69, 9.17) is 4.74 Å². The third-order valence-corrected chi connectivity index (χ3v) is 4.82. The number of rotatable bonds is 9. The predicted octanol–water partition coefficient (Wildman–Crippen LogP) is 2.68. The van der Waals surface area contributed by atoms with Gasteiger partial charge in [-0.25, -0.2) is 4.39 Å². The summed E-state index contributed by atoms with van der Waals surface area (Å²) in [7, 11) is 1.73. The molecule has 1 aliphatic heterocycles. The fourth-order valence-electron chi connectivity index (χ4n) is 3.15. The van der Waals surface area contributed by atoms with Crippen LogP contribution in [0.4, 0.5) is 10.1 Å². The molecule has 0 saturated carbocycles. The number of hydrogen-bond acceptors (Lipinski definition) is 4. The minimum absolute atomic E-state index is 0. The van der Waals surface area contributed by atoms with Crippen LogP contribution in [0.25, 0.3) is 0 Å². The summed E-state index contributed by atoms with van der Waals surface area (Å²) in [5, 5.41) is 6.47. The number of aliphatic imine (C=N–C) groups is 1. The fraction of sp³-hybridized carbons (Fsp3) is 0.650. The van der Waals surface area contributed by atoms with Crippen LogP contribution in [0.15, 0.2) is 23.2 Å². The number of ether oxygens (including phenoxy) is 1. The largest absolute Gasteiger partial charge is 0.382 e. The number of halogens is 2. The average molecular weight is 507 g/mol. The van der Waals surface area contributed by atoms with Crippen molar-refractivity contribution in [1.82, 2.24) is 15.5 Å². The molecule has 2 N–H and O–H groups in total. The Morgan fingerprint density at radius 2 is 1.93 bits per heavy atom. The average Bonchev–Trinajstić information content (AvgIpc) is 2.70. The van der Waals surface area contributed by atoms with Gasteiger partial charge in [-0.15, -0.1) is 24.0 Å². The summed E-state index contributed by atoms with van der Waals surface area (Å²) in [6, 6.07) is 5.50. The summed E-state index contributed by atoms with van der Waals surface area (Å²) in [5.74, 6) is 0.561. The molecule has 1 aromatic rings. The highest BCUT2D eigenvalue weighted by atomic mass is 127. The first-order chi connectivity index (χ1) is 13.2. The van der Waals surface area contributed by atoms with E-state index in [0.717, 1.165) is 64.5 Å². The number of nitrogens with one attached hydrogen (secondary N) is 2. The van der Waals surface area contributed by atoms with Crippen molar-refractivity contribution in [3.05, 3.63) is 29.6 Å². The van der Waals surface area contributed by atoms with Crippen LogP contribution in [0.5, 0.6) is 0 Å². The van der Waals surface area contributed by atoms with Gasteiger partial charge in [0.05, 0.1) is 5.69 Å². The fourth-order valence-corrected chi connectivity index (χ4v) is 3.15. The monoisotopic (exact) mass is 507 g/mol. The Morgan fingerprint density at radius 3 is 2.54 bits per heavy atom. The van der Waals surface area contributed by atoms with Gasteiger partial charge >= 0.3 is 0 Å². The van der Waals surface area contributed by atoms with Gasteiger partial charge in [0.1, 0.15) is 5.82 Å². The van der Waals surface area contributed by atoms with Crippen LogP contribution in [0.3, 0.4) is 0 Å². The molecule has 0 amide bonds. The van der Waals surface area contributed by atoms with E-state index < -0.39 is 0 Å². The minimum atomic E-state index is -0.154. The number of likely N-dealkylation sites (N-methyl/N-ethyl adjacent to an activating group) is 1. The summed E-state index contributed by atoms with van der Waals surface area (Å²) in [5.41, 5.74) is 1.61. The molecule has 0 unspecified atom stereocenters. The van der Waals surface area contributed by atoms with Gasteiger partial charge < -0.3 is 25.2 Å². The molecule has 8 heteroatoms. The maximum atomic E-state index is 14.6. The van der Waals surface area contributed by atoms with Crippen LogP contribution in [-0.2, 0) is 11.3 Å². The molecule has 0 radical (unpaired) electrons. The van der Waals surface area contributed by atoms with Crippen molar-refractivity contribution in [2.24, 2.45) is 4.99 Å².